The number of hydrogen-bond acceptors (Lipinski definition) is 6. The van der Waals surface area contributed by atoms with Crippen molar-refractivity contribution in [3.05, 3.63) is 66.4 Å². The Hall–Kier alpha value is -3.74. The van der Waals surface area contributed by atoms with E-state index in [-0.39, 0.29) is 5.91 Å². The number of benzene rings is 2. The normalized spacial score (nSPS) is 14.2. The van der Waals surface area contributed by atoms with Crippen molar-refractivity contribution in [2.24, 2.45) is 0 Å². The average Bonchev–Trinajstić information content (AvgIpc) is 3.45. The third-order valence-electron chi connectivity index (χ3n) is 5.97. The number of amides is 1. The number of furan rings is 1. The second-order valence-corrected chi connectivity index (χ2v) is 7.93. The number of carbonyl (C=O) groups is 1. The first-order valence-electron chi connectivity index (χ1n) is 10.7. The van der Waals surface area contributed by atoms with Crippen molar-refractivity contribution in [3.63, 3.8) is 0 Å². The molecule has 3 heterocycles. The summed E-state index contributed by atoms with van der Waals surface area (Å²) in [5, 5.41) is 1.01. The highest BCUT2D eigenvalue weighted by Gasteiger charge is 2.23. The summed E-state index contributed by atoms with van der Waals surface area (Å²) >= 11 is 0. The Labute approximate surface area is 186 Å². The molecule has 0 atom stereocenters. The Morgan fingerprint density at radius 2 is 1.94 bits per heavy atom. The summed E-state index contributed by atoms with van der Waals surface area (Å²) < 4.78 is 16.8. The SMILES string of the molecule is COc1cc(N2CCN(C(=O)Cc3coc4ccccc34)CC2)ccc1-c1cnc(C)o1. The molecule has 164 valence electrons. The Morgan fingerprint density at radius 1 is 1.12 bits per heavy atom. The number of piperazine rings is 1. The molecule has 0 bridgehead atoms. The van der Waals surface area contributed by atoms with Crippen LogP contribution in [0.15, 0.2) is 63.8 Å². The zero-order valence-corrected chi connectivity index (χ0v) is 18.2. The molecule has 2 aromatic heterocycles. The fourth-order valence-corrected chi connectivity index (χ4v) is 4.22. The zero-order chi connectivity index (χ0) is 22.1. The fourth-order valence-electron chi connectivity index (χ4n) is 4.22. The Bertz CT molecular complexity index is 1250. The number of fused-ring (bicyclic) bond motifs is 1. The zero-order valence-electron chi connectivity index (χ0n) is 18.2. The molecule has 0 N–H and O–H groups in total. The highest BCUT2D eigenvalue weighted by molar-refractivity contribution is 5.87. The minimum Gasteiger partial charge on any atom is -0.496 e. The summed E-state index contributed by atoms with van der Waals surface area (Å²) in [6.45, 7) is 4.71. The molecule has 4 aromatic rings. The van der Waals surface area contributed by atoms with Gasteiger partial charge in [-0.1, -0.05) is 18.2 Å². The molecule has 7 heteroatoms. The van der Waals surface area contributed by atoms with Crippen molar-refractivity contribution >= 4 is 22.6 Å². The predicted molar refractivity (Wildman–Crippen MR) is 122 cm³/mol. The summed E-state index contributed by atoms with van der Waals surface area (Å²) in [5.74, 6) is 2.18. The van der Waals surface area contributed by atoms with Crippen LogP contribution in [0.25, 0.3) is 22.3 Å². The van der Waals surface area contributed by atoms with Gasteiger partial charge >= 0.3 is 0 Å². The second kappa shape index (κ2) is 8.42. The van der Waals surface area contributed by atoms with E-state index in [0.717, 1.165) is 46.6 Å². The maximum Gasteiger partial charge on any atom is 0.227 e. The van der Waals surface area contributed by atoms with Gasteiger partial charge in [0.15, 0.2) is 11.7 Å². The number of hydrogen-bond donors (Lipinski definition) is 0. The van der Waals surface area contributed by atoms with Crippen LogP contribution in [0.2, 0.25) is 0 Å². The molecular formula is C25H25N3O4. The largest absolute Gasteiger partial charge is 0.496 e. The van der Waals surface area contributed by atoms with E-state index < -0.39 is 0 Å². The molecule has 0 radical (unpaired) electrons. The van der Waals surface area contributed by atoms with Gasteiger partial charge in [-0.2, -0.15) is 0 Å². The molecule has 0 spiro atoms. The molecule has 1 amide bonds. The number of aryl methyl sites for hydroxylation is 1. The van der Waals surface area contributed by atoms with Gasteiger partial charge in [-0.3, -0.25) is 4.79 Å². The van der Waals surface area contributed by atoms with Crippen molar-refractivity contribution in [2.75, 3.05) is 38.2 Å². The smallest absolute Gasteiger partial charge is 0.227 e. The highest BCUT2D eigenvalue weighted by atomic mass is 16.5. The minimum absolute atomic E-state index is 0.129. The Kier molecular flexibility index (Phi) is 5.31. The van der Waals surface area contributed by atoms with E-state index in [2.05, 4.69) is 16.0 Å². The number of aromatic nitrogens is 1. The van der Waals surface area contributed by atoms with Gasteiger partial charge in [0.2, 0.25) is 5.91 Å². The minimum atomic E-state index is 0.129. The first kappa shape index (κ1) is 20.2. The van der Waals surface area contributed by atoms with Crippen LogP contribution in [-0.4, -0.2) is 49.1 Å². The lowest BCUT2D eigenvalue weighted by molar-refractivity contribution is -0.130. The second-order valence-electron chi connectivity index (χ2n) is 7.93. The Morgan fingerprint density at radius 3 is 2.69 bits per heavy atom. The number of carbonyl (C=O) groups excluding carboxylic acids is 1. The standard InChI is InChI=1S/C25H25N3O4/c1-17-26-15-24(32-17)21-8-7-19(14-23(21)30-2)27-9-11-28(12-10-27)25(29)13-18-16-31-22-6-4-3-5-20(18)22/h3-8,14-16H,9-13H2,1-2H3. The predicted octanol–water partition coefficient (Wildman–Crippen LogP) is 4.30. The number of nitrogens with zero attached hydrogens (tertiary/aromatic N) is 3. The van der Waals surface area contributed by atoms with Gasteiger partial charge in [0.25, 0.3) is 0 Å². The third-order valence-corrected chi connectivity index (χ3v) is 5.97. The van der Waals surface area contributed by atoms with Gasteiger partial charge in [-0.25, -0.2) is 4.98 Å². The molecule has 32 heavy (non-hydrogen) atoms. The quantitative estimate of drug-likeness (QED) is 0.469. The number of rotatable bonds is 5. The maximum absolute atomic E-state index is 12.9. The summed E-state index contributed by atoms with van der Waals surface area (Å²) in [4.78, 5) is 21.3. The van der Waals surface area contributed by atoms with Crippen LogP contribution in [0.5, 0.6) is 5.75 Å². The van der Waals surface area contributed by atoms with Crippen molar-refractivity contribution in [3.8, 4) is 17.1 Å². The molecule has 0 saturated carbocycles. The molecule has 1 aliphatic heterocycles. The van der Waals surface area contributed by atoms with Crippen molar-refractivity contribution in [1.82, 2.24) is 9.88 Å². The molecular weight excluding hydrogens is 406 g/mol. The number of anilines is 1. The van der Waals surface area contributed by atoms with Crippen LogP contribution >= 0.6 is 0 Å². The average molecular weight is 431 g/mol. The summed E-state index contributed by atoms with van der Waals surface area (Å²) in [6.07, 6.45) is 3.76. The van der Waals surface area contributed by atoms with Gasteiger partial charge in [-0.15, -0.1) is 0 Å². The number of ether oxygens (including phenoxy) is 1. The molecule has 5 rings (SSSR count). The van der Waals surface area contributed by atoms with Crippen molar-refractivity contribution < 1.29 is 18.4 Å². The van der Waals surface area contributed by atoms with Gasteiger partial charge in [0, 0.05) is 55.8 Å². The molecule has 2 aromatic carbocycles. The van der Waals surface area contributed by atoms with Crippen molar-refractivity contribution in [1.29, 1.82) is 0 Å². The molecule has 1 fully saturated rings. The topological polar surface area (TPSA) is 72.0 Å². The fraction of sp³-hybridized carbons (Fsp3) is 0.280. The van der Waals surface area contributed by atoms with Gasteiger partial charge in [-0.05, 0) is 18.2 Å². The number of para-hydroxylation sites is 1. The molecule has 7 nitrogen and oxygen atoms in total. The summed E-state index contributed by atoms with van der Waals surface area (Å²) in [7, 11) is 1.65. The first-order chi connectivity index (χ1) is 15.6. The molecule has 0 unspecified atom stereocenters. The van der Waals surface area contributed by atoms with Crippen LogP contribution in [0.3, 0.4) is 0 Å². The Balaban J connectivity index is 1.25. The van der Waals surface area contributed by atoms with Gasteiger partial charge < -0.3 is 23.4 Å². The van der Waals surface area contributed by atoms with E-state index in [1.54, 1.807) is 19.6 Å². The van der Waals surface area contributed by atoms with Crippen LogP contribution in [-0.2, 0) is 11.2 Å². The monoisotopic (exact) mass is 431 g/mol. The van der Waals surface area contributed by atoms with E-state index in [0.29, 0.717) is 31.2 Å². The molecule has 0 aliphatic carbocycles. The van der Waals surface area contributed by atoms with Crippen LogP contribution < -0.4 is 9.64 Å². The van der Waals surface area contributed by atoms with Gasteiger partial charge in [0.05, 0.1) is 31.6 Å². The van der Waals surface area contributed by atoms with E-state index in [9.17, 15) is 4.79 Å². The van der Waals surface area contributed by atoms with Crippen LogP contribution in [0, 0.1) is 6.92 Å². The third kappa shape index (κ3) is 3.82. The van der Waals surface area contributed by atoms with E-state index in [4.69, 9.17) is 13.6 Å². The van der Waals surface area contributed by atoms with Gasteiger partial charge in [0.1, 0.15) is 11.3 Å². The number of oxazole rings is 1. The van der Waals surface area contributed by atoms with E-state index >= 15 is 0 Å². The lowest BCUT2D eigenvalue weighted by atomic mass is 10.1. The maximum atomic E-state index is 12.9. The summed E-state index contributed by atoms with van der Waals surface area (Å²) in [5.41, 5.74) is 3.70. The van der Waals surface area contributed by atoms with E-state index in [1.165, 1.54) is 0 Å². The first-order valence-corrected chi connectivity index (χ1v) is 10.7. The van der Waals surface area contributed by atoms with Crippen LogP contribution in [0.1, 0.15) is 11.5 Å². The van der Waals surface area contributed by atoms with Crippen LogP contribution in [0.4, 0.5) is 5.69 Å². The summed E-state index contributed by atoms with van der Waals surface area (Å²) in [6, 6.07) is 13.9. The number of methoxy groups -OCH3 is 1. The van der Waals surface area contributed by atoms with E-state index in [1.807, 2.05) is 48.2 Å². The van der Waals surface area contributed by atoms with Crippen molar-refractivity contribution in [2.45, 2.75) is 13.3 Å². The molecule has 1 saturated heterocycles. The lowest BCUT2D eigenvalue weighted by Crippen LogP contribution is -2.49. The molecule has 1 aliphatic rings. The lowest BCUT2D eigenvalue weighted by Gasteiger charge is -2.36. The highest BCUT2D eigenvalue weighted by Crippen LogP contribution is 2.34.